The van der Waals surface area contributed by atoms with Crippen LogP contribution in [0.15, 0.2) is 24.3 Å². The van der Waals surface area contributed by atoms with Gasteiger partial charge in [0, 0.05) is 19.6 Å². The molecule has 2 amide bonds. The fourth-order valence-electron chi connectivity index (χ4n) is 1.84. The molecule has 0 heterocycles. The van der Waals surface area contributed by atoms with Gasteiger partial charge in [-0.05, 0) is 25.0 Å². The maximum atomic E-state index is 12.0. The largest absolute Gasteiger partial charge is 0.411 e. The molecule has 4 nitrogen and oxygen atoms in total. The summed E-state index contributed by atoms with van der Waals surface area (Å²) in [7, 11) is 0. The molecule has 0 saturated carbocycles. The van der Waals surface area contributed by atoms with E-state index in [0.717, 1.165) is 5.56 Å². The molecule has 0 fully saturated rings. The van der Waals surface area contributed by atoms with Gasteiger partial charge in [-0.3, -0.25) is 0 Å². The monoisotopic (exact) mass is 318 g/mol. The second-order valence-corrected chi connectivity index (χ2v) is 4.76. The van der Waals surface area contributed by atoms with Crippen molar-refractivity contribution in [3.8, 4) is 0 Å². The standard InChI is InChI=1S/C15H21F3N2O2/c1-3-20(4-2)14(21)19-9-12-5-7-13(8-6-12)10-22-11-15(16,17)18/h5-8H,3-4,9-11H2,1-2H3,(H,19,21). The molecule has 22 heavy (non-hydrogen) atoms. The van der Waals surface area contributed by atoms with Crippen LogP contribution in [0.5, 0.6) is 0 Å². The van der Waals surface area contributed by atoms with E-state index in [1.807, 2.05) is 13.8 Å². The molecule has 7 heteroatoms. The number of hydrogen-bond donors (Lipinski definition) is 1. The average molecular weight is 318 g/mol. The third-order valence-corrected chi connectivity index (χ3v) is 3.05. The number of nitrogens with one attached hydrogen (secondary N) is 1. The number of urea groups is 1. The Morgan fingerprint density at radius 2 is 1.68 bits per heavy atom. The van der Waals surface area contributed by atoms with Crippen molar-refractivity contribution in [2.24, 2.45) is 0 Å². The SMILES string of the molecule is CCN(CC)C(=O)NCc1ccc(COCC(F)(F)F)cc1. The number of halogens is 3. The Hall–Kier alpha value is -1.76. The van der Waals surface area contributed by atoms with Crippen LogP contribution in [0.3, 0.4) is 0 Å². The number of hydrogen-bond acceptors (Lipinski definition) is 2. The molecule has 0 bridgehead atoms. The lowest BCUT2D eigenvalue weighted by Crippen LogP contribution is -2.39. The number of carbonyl (C=O) groups excluding carboxylic acids is 1. The van der Waals surface area contributed by atoms with E-state index in [0.29, 0.717) is 25.2 Å². The fraction of sp³-hybridized carbons (Fsp3) is 0.533. The molecule has 0 atom stereocenters. The third kappa shape index (κ3) is 6.80. The zero-order valence-electron chi connectivity index (χ0n) is 12.7. The molecular formula is C15H21F3N2O2. The van der Waals surface area contributed by atoms with Crippen molar-refractivity contribution in [2.45, 2.75) is 33.2 Å². The highest BCUT2D eigenvalue weighted by atomic mass is 19.4. The lowest BCUT2D eigenvalue weighted by molar-refractivity contribution is -0.176. The quantitative estimate of drug-likeness (QED) is 0.838. The summed E-state index contributed by atoms with van der Waals surface area (Å²) in [5, 5.41) is 2.79. The topological polar surface area (TPSA) is 41.6 Å². The van der Waals surface area contributed by atoms with Crippen molar-refractivity contribution >= 4 is 6.03 Å². The first-order valence-corrected chi connectivity index (χ1v) is 7.10. The molecule has 0 aliphatic carbocycles. The minimum absolute atomic E-state index is 0.0917. The molecule has 0 radical (unpaired) electrons. The maximum Gasteiger partial charge on any atom is 0.411 e. The molecule has 0 aliphatic rings. The summed E-state index contributed by atoms with van der Waals surface area (Å²) in [4.78, 5) is 13.4. The predicted octanol–water partition coefficient (Wildman–Crippen LogP) is 3.32. The van der Waals surface area contributed by atoms with Crippen LogP contribution in [0.4, 0.5) is 18.0 Å². The highest BCUT2D eigenvalue weighted by Gasteiger charge is 2.27. The van der Waals surface area contributed by atoms with E-state index in [1.54, 1.807) is 29.2 Å². The number of rotatable bonds is 7. The molecular weight excluding hydrogens is 297 g/mol. The van der Waals surface area contributed by atoms with Gasteiger partial charge in [0.2, 0.25) is 0 Å². The van der Waals surface area contributed by atoms with E-state index in [-0.39, 0.29) is 12.6 Å². The maximum absolute atomic E-state index is 12.0. The van der Waals surface area contributed by atoms with Crippen LogP contribution in [-0.4, -0.2) is 36.8 Å². The van der Waals surface area contributed by atoms with Crippen LogP contribution in [0, 0.1) is 0 Å². The Kier molecular flexibility index (Phi) is 7.17. The van der Waals surface area contributed by atoms with Gasteiger partial charge in [0.1, 0.15) is 6.61 Å². The van der Waals surface area contributed by atoms with Crippen LogP contribution in [-0.2, 0) is 17.9 Å². The van der Waals surface area contributed by atoms with E-state index >= 15 is 0 Å². The molecule has 0 aromatic heterocycles. The lowest BCUT2D eigenvalue weighted by Gasteiger charge is -2.19. The fourth-order valence-corrected chi connectivity index (χ4v) is 1.84. The first-order chi connectivity index (χ1) is 10.4. The van der Waals surface area contributed by atoms with E-state index in [4.69, 9.17) is 0 Å². The molecule has 0 spiro atoms. The van der Waals surface area contributed by atoms with E-state index < -0.39 is 12.8 Å². The minimum atomic E-state index is -4.31. The van der Waals surface area contributed by atoms with Crippen LogP contribution >= 0.6 is 0 Å². The smallest absolute Gasteiger partial charge is 0.367 e. The summed E-state index contributed by atoms with van der Waals surface area (Å²) < 4.78 is 40.4. The van der Waals surface area contributed by atoms with Crippen LogP contribution < -0.4 is 5.32 Å². The summed E-state index contributed by atoms with van der Waals surface area (Å²) in [6, 6.07) is 6.76. The summed E-state index contributed by atoms with van der Waals surface area (Å²) in [5.41, 5.74) is 1.53. The molecule has 1 aromatic rings. The van der Waals surface area contributed by atoms with Crippen LogP contribution in [0.1, 0.15) is 25.0 Å². The van der Waals surface area contributed by atoms with Crippen molar-refractivity contribution in [3.05, 3.63) is 35.4 Å². The van der Waals surface area contributed by atoms with E-state index in [2.05, 4.69) is 10.1 Å². The summed E-state index contributed by atoms with van der Waals surface area (Å²) in [6.07, 6.45) is -4.31. The highest BCUT2D eigenvalue weighted by Crippen LogP contribution is 2.15. The Balaban J connectivity index is 2.40. The van der Waals surface area contributed by atoms with Crippen molar-refractivity contribution in [3.63, 3.8) is 0 Å². The Bertz CT molecular complexity index is 457. The summed E-state index contributed by atoms with van der Waals surface area (Å²) >= 11 is 0. The predicted molar refractivity (Wildman–Crippen MR) is 77.3 cm³/mol. The van der Waals surface area contributed by atoms with Crippen molar-refractivity contribution in [1.82, 2.24) is 10.2 Å². The van der Waals surface area contributed by atoms with E-state index in [9.17, 15) is 18.0 Å². The van der Waals surface area contributed by atoms with Gasteiger partial charge < -0.3 is 15.0 Å². The summed E-state index contributed by atoms with van der Waals surface area (Å²) in [5.74, 6) is 0. The molecule has 1 rings (SSSR count). The van der Waals surface area contributed by atoms with Gasteiger partial charge in [0.05, 0.1) is 6.61 Å². The van der Waals surface area contributed by atoms with Crippen molar-refractivity contribution < 1.29 is 22.7 Å². The number of ether oxygens (including phenoxy) is 1. The minimum Gasteiger partial charge on any atom is -0.367 e. The molecule has 124 valence electrons. The molecule has 0 unspecified atom stereocenters. The van der Waals surface area contributed by atoms with Gasteiger partial charge in [-0.25, -0.2) is 4.79 Å². The Morgan fingerprint density at radius 1 is 1.14 bits per heavy atom. The van der Waals surface area contributed by atoms with Gasteiger partial charge in [-0.2, -0.15) is 13.2 Å². The van der Waals surface area contributed by atoms with Crippen molar-refractivity contribution in [1.29, 1.82) is 0 Å². The average Bonchev–Trinajstić information content (AvgIpc) is 2.46. The molecule has 0 saturated heterocycles. The van der Waals surface area contributed by atoms with Crippen LogP contribution in [0.2, 0.25) is 0 Å². The summed E-state index contributed by atoms with van der Waals surface area (Å²) in [6.45, 7) is 4.10. The van der Waals surface area contributed by atoms with Gasteiger partial charge in [-0.1, -0.05) is 24.3 Å². The van der Waals surface area contributed by atoms with Crippen molar-refractivity contribution in [2.75, 3.05) is 19.7 Å². The first kappa shape index (κ1) is 18.3. The highest BCUT2D eigenvalue weighted by molar-refractivity contribution is 5.74. The third-order valence-electron chi connectivity index (χ3n) is 3.05. The van der Waals surface area contributed by atoms with Gasteiger partial charge >= 0.3 is 12.2 Å². The number of amides is 2. The second kappa shape index (κ2) is 8.63. The lowest BCUT2D eigenvalue weighted by atomic mass is 10.1. The Labute approximate surface area is 128 Å². The number of benzene rings is 1. The number of alkyl halides is 3. The number of carbonyl (C=O) groups is 1. The zero-order valence-corrected chi connectivity index (χ0v) is 12.7. The second-order valence-electron chi connectivity index (χ2n) is 4.76. The molecule has 1 N–H and O–H groups in total. The van der Waals surface area contributed by atoms with E-state index in [1.165, 1.54) is 0 Å². The zero-order chi connectivity index (χ0) is 16.6. The van der Waals surface area contributed by atoms with Gasteiger partial charge in [0.25, 0.3) is 0 Å². The Morgan fingerprint density at radius 3 is 2.18 bits per heavy atom. The normalized spacial score (nSPS) is 11.3. The van der Waals surface area contributed by atoms with Crippen LogP contribution in [0.25, 0.3) is 0 Å². The first-order valence-electron chi connectivity index (χ1n) is 7.10. The molecule has 1 aromatic carbocycles. The van der Waals surface area contributed by atoms with Gasteiger partial charge in [-0.15, -0.1) is 0 Å². The molecule has 0 aliphatic heterocycles. The van der Waals surface area contributed by atoms with Gasteiger partial charge in [0.15, 0.2) is 0 Å². The number of nitrogens with zero attached hydrogens (tertiary/aromatic N) is 1.